The van der Waals surface area contributed by atoms with Gasteiger partial charge in [-0.25, -0.2) is 4.68 Å². The molecule has 0 radical (unpaired) electrons. The number of aromatic nitrogens is 3. The fourth-order valence-corrected chi connectivity index (χ4v) is 3.22. The second-order valence-electron chi connectivity index (χ2n) is 5.35. The van der Waals surface area contributed by atoms with Crippen molar-refractivity contribution in [2.75, 3.05) is 11.6 Å². The number of nitrogens with one attached hydrogen (secondary N) is 1. The summed E-state index contributed by atoms with van der Waals surface area (Å²) in [6.45, 7) is 4.06. The van der Waals surface area contributed by atoms with Crippen molar-refractivity contribution < 1.29 is 4.79 Å². The molecule has 130 valence electrons. The SMILES string of the molecule is CCC[C@H](C)NC(=O)CSc1nnc(-c2cc(Cl)ccc2Cl)n1N. The van der Waals surface area contributed by atoms with E-state index in [1.165, 1.54) is 16.4 Å². The van der Waals surface area contributed by atoms with Crippen LogP contribution in [0.15, 0.2) is 23.4 Å². The Balaban J connectivity index is 2.05. The highest BCUT2D eigenvalue weighted by molar-refractivity contribution is 7.99. The molecule has 0 aliphatic rings. The number of carbonyl (C=O) groups excluding carboxylic acids is 1. The Bertz CT molecular complexity index is 722. The first-order chi connectivity index (χ1) is 11.4. The highest BCUT2D eigenvalue weighted by Crippen LogP contribution is 2.30. The maximum atomic E-state index is 11.9. The van der Waals surface area contributed by atoms with Gasteiger partial charge in [0.15, 0.2) is 5.82 Å². The summed E-state index contributed by atoms with van der Waals surface area (Å²) in [6, 6.07) is 5.18. The van der Waals surface area contributed by atoms with E-state index in [-0.39, 0.29) is 17.7 Å². The minimum absolute atomic E-state index is 0.0636. The average molecular weight is 388 g/mol. The van der Waals surface area contributed by atoms with Gasteiger partial charge < -0.3 is 11.2 Å². The van der Waals surface area contributed by atoms with E-state index >= 15 is 0 Å². The molecule has 2 aromatic rings. The van der Waals surface area contributed by atoms with Gasteiger partial charge in [0.05, 0.1) is 10.8 Å². The molecule has 1 aromatic carbocycles. The van der Waals surface area contributed by atoms with Gasteiger partial charge in [-0.05, 0) is 31.5 Å². The Morgan fingerprint density at radius 3 is 2.88 bits per heavy atom. The minimum Gasteiger partial charge on any atom is -0.353 e. The van der Waals surface area contributed by atoms with Crippen molar-refractivity contribution in [2.24, 2.45) is 0 Å². The molecule has 0 saturated carbocycles. The lowest BCUT2D eigenvalue weighted by atomic mass is 10.2. The molecule has 0 spiro atoms. The molecule has 0 bridgehead atoms. The largest absolute Gasteiger partial charge is 0.353 e. The van der Waals surface area contributed by atoms with Gasteiger partial charge in [-0.1, -0.05) is 48.3 Å². The van der Waals surface area contributed by atoms with Crippen molar-refractivity contribution in [1.29, 1.82) is 0 Å². The predicted octanol–water partition coefficient (Wildman–Crippen LogP) is 3.36. The molecule has 1 atom stereocenters. The van der Waals surface area contributed by atoms with Crippen molar-refractivity contribution in [3.8, 4) is 11.4 Å². The van der Waals surface area contributed by atoms with Crippen molar-refractivity contribution in [1.82, 2.24) is 20.2 Å². The summed E-state index contributed by atoms with van der Waals surface area (Å²) in [5.74, 6) is 6.57. The van der Waals surface area contributed by atoms with E-state index in [1.807, 2.05) is 6.92 Å². The third-order valence-corrected chi connectivity index (χ3v) is 4.80. The number of rotatable bonds is 7. The van der Waals surface area contributed by atoms with Gasteiger partial charge in [0.25, 0.3) is 0 Å². The number of thioether (sulfide) groups is 1. The first-order valence-corrected chi connectivity index (χ1v) is 9.24. The quantitative estimate of drug-likeness (QED) is 0.561. The molecule has 24 heavy (non-hydrogen) atoms. The van der Waals surface area contributed by atoms with Gasteiger partial charge in [0.1, 0.15) is 0 Å². The van der Waals surface area contributed by atoms with E-state index in [0.29, 0.717) is 26.6 Å². The van der Waals surface area contributed by atoms with E-state index in [4.69, 9.17) is 29.0 Å². The smallest absolute Gasteiger partial charge is 0.230 e. The number of halogens is 2. The van der Waals surface area contributed by atoms with Crippen LogP contribution in [0.4, 0.5) is 0 Å². The normalized spacial score (nSPS) is 12.2. The fraction of sp³-hybridized carbons (Fsp3) is 0.400. The number of hydrogen-bond acceptors (Lipinski definition) is 5. The molecule has 0 saturated heterocycles. The molecule has 3 N–H and O–H groups in total. The lowest BCUT2D eigenvalue weighted by Crippen LogP contribution is -2.33. The Labute approximate surface area is 155 Å². The monoisotopic (exact) mass is 387 g/mol. The molecule has 1 aromatic heterocycles. The van der Waals surface area contributed by atoms with Crippen molar-refractivity contribution in [2.45, 2.75) is 37.9 Å². The first-order valence-electron chi connectivity index (χ1n) is 7.50. The number of hydrogen-bond donors (Lipinski definition) is 2. The summed E-state index contributed by atoms with van der Waals surface area (Å²) in [6.07, 6.45) is 1.97. The van der Waals surface area contributed by atoms with Crippen molar-refractivity contribution in [3.05, 3.63) is 28.2 Å². The molecule has 2 rings (SSSR count). The molecule has 0 unspecified atom stereocenters. The number of carbonyl (C=O) groups is 1. The van der Waals surface area contributed by atoms with Crippen molar-refractivity contribution >= 4 is 40.9 Å². The van der Waals surface area contributed by atoms with Crippen LogP contribution in [0.25, 0.3) is 11.4 Å². The van der Waals surface area contributed by atoms with Crippen LogP contribution in [0, 0.1) is 0 Å². The zero-order valence-corrected chi connectivity index (χ0v) is 15.8. The topological polar surface area (TPSA) is 85.8 Å². The summed E-state index contributed by atoms with van der Waals surface area (Å²) in [7, 11) is 0. The first kappa shape index (κ1) is 18.9. The third-order valence-electron chi connectivity index (χ3n) is 3.30. The summed E-state index contributed by atoms with van der Waals surface area (Å²) in [5.41, 5.74) is 0.590. The van der Waals surface area contributed by atoms with Crippen LogP contribution in [0.2, 0.25) is 10.0 Å². The second kappa shape index (κ2) is 8.60. The van der Waals surface area contributed by atoms with E-state index < -0.39 is 0 Å². The molecule has 0 aliphatic carbocycles. The van der Waals surface area contributed by atoms with Gasteiger partial charge in [0.2, 0.25) is 11.1 Å². The summed E-state index contributed by atoms with van der Waals surface area (Å²) in [4.78, 5) is 11.9. The van der Waals surface area contributed by atoms with Crippen LogP contribution in [-0.4, -0.2) is 32.6 Å². The van der Waals surface area contributed by atoms with E-state index in [1.54, 1.807) is 18.2 Å². The highest BCUT2D eigenvalue weighted by atomic mass is 35.5. The third kappa shape index (κ3) is 4.78. The molecule has 1 heterocycles. The van der Waals surface area contributed by atoms with E-state index in [2.05, 4.69) is 22.4 Å². The molecular formula is C15H19Cl2N5OS. The number of nitrogens with two attached hydrogens (primary N) is 1. The lowest BCUT2D eigenvalue weighted by molar-refractivity contribution is -0.119. The zero-order valence-electron chi connectivity index (χ0n) is 13.4. The average Bonchev–Trinajstić information content (AvgIpc) is 2.89. The van der Waals surface area contributed by atoms with Gasteiger partial charge >= 0.3 is 0 Å². The van der Waals surface area contributed by atoms with Gasteiger partial charge in [0, 0.05) is 16.6 Å². The van der Waals surface area contributed by atoms with Crippen LogP contribution in [0.1, 0.15) is 26.7 Å². The minimum atomic E-state index is -0.0636. The molecule has 1 amide bonds. The standard InChI is InChI=1S/C15H19Cl2N5OS/c1-3-4-9(2)19-13(23)8-24-15-21-20-14(22(15)18)11-7-10(16)5-6-12(11)17/h5-7,9H,3-4,8,18H2,1-2H3,(H,19,23)/t9-/m0/s1. The van der Waals surface area contributed by atoms with Crippen LogP contribution in [-0.2, 0) is 4.79 Å². The van der Waals surface area contributed by atoms with Gasteiger partial charge in [-0.3, -0.25) is 4.79 Å². The zero-order chi connectivity index (χ0) is 17.7. The second-order valence-corrected chi connectivity index (χ2v) is 7.13. The predicted molar refractivity (Wildman–Crippen MR) is 98.9 cm³/mol. The Hall–Kier alpha value is -1.44. The van der Waals surface area contributed by atoms with E-state index in [0.717, 1.165) is 12.8 Å². The molecule has 9 heteroatoms. The molecule has 0 fully saturated rings. The molecule has 6 nitrogen and oxygen atoms in total. The fourth-order valence-electron chi connectivity index (χ4n) is 2.18. The van der Waals surface area contributed by atoms with Crippen LogP contribution >= 0.6 is 35.0 Å². The Morgan fingerprint density at radius 1 is 1.42 bits per heavy atom. The summed E-state index contributed by atoms with van der Waals surface area (Å²) < 4.78 is 1.31. The Kier molecular flexibility index (Phi) is 6.77. The van der Waals surface area contributed by atoms with Crippen LogP contribution in [0.5, 0.6) is 0 Å². The number of amides is 1. The van der Waals surface area contributed by atoms with Crippen molar-refractivity contribution in [3.63, 3.8) is 0 Å². The van der Waals surface area contributed by atoms with Crippen LogP contribution < -0.4 is 11.2 Å². The summed E-state index contributed by atoms with van der Waals surface area (Å²) >= 11 is 13.4. The highest BCUT2D eigenvalue weighted by Gasteiger charge is 2.16. The number of nitrogens with zero attached hydrogens (tertiary/aromatic N) is 3. The Morgan fingerprint density at radius 2 is 2.17 bits per heavy atom. The van der Waals surface area contributed by atoms with Gasteiger partial charge in [-0.2, -0.15) is 0 Å². The summed E-state index contributed by atoms with van der Waals surface area (Å²) in [5, 5.41) is 12.4. The molecular weight excluding hydrogens is 369 g/mol. The maximum absolute atomic E-state index is 11.9. The maximum Gasteiger partial charge on any atom is 0.230 e. The molecule has 0 aliphatic heterocycles. The van der Waals surface area contributed by atoms with E-state index in [9.17, 15) is 4.79 Å². The van der Waals surface area contributed by atoms with Crippen LogP contribution in [0.3, 0.4) is 0 Å². The number of benzene rings is 1. The number of nitrogen functional groups attached to an aromatic ring is 1. The lowest BCUT2D eigenvalue weighted by Gasteiger charge is -2.12. The van der Waals surface area contributed by atoms with Gasteiger partial charge in [-0.15, -0.1) is 10.2 Å².